The van der Waals surface area contributed by atoms with Crippen molar-refractivity contribution in [3.05, 3.63) is 66.0 Å². The van der Waals surface area contributed by atoms with Crippen LogP contribution < -0.4 is 9.44 Å². The number of nitrogens with one attached hydrogen (secondary N) is 2. The van der Waals surface area contributed by atoms with Crippen LogP contribution in [0.25, 0.3) is 11.1 Å². The average molecular weight is 365 g/mol. The molecule has 124 valence electrons. The number of hydrogen-bond donors (Lipinski definition) is 2. The third-order valence-corrected chi connectivity index (χ3v) is 4.38. The van der Waals surface area contributed by atoms with Crippen LogP contribution in [-0.4, -0.2) is 18.4 Å². The molecule has 0 saturated heterocycles. The molecule has 1 aromatic carbocycles. The van der Waals surface area contributed by atoms with Gasteiger partial charge >= 0.3 is 10.2 Å². The van der Waals surface area contributed by atoms with E-state index in [0.717, 1.165) is 0 Å². The van der Waals surface area contributed by atoms with Crippen molar-refractivity contribution >= 4 is 27.6 Å². The first kappa shape index (κ1) is 16.4. The molecule has 3 aromatic rings. The van der Waals surface area contributed by atoms with Gasteiger partial charge in [-0.1, -0.05) is 41.9 Å². The van der Waals surface area contributed by atoms with Gasteiger partial charge in [0.2, 0.25) is 0 Å². The molecule has 0 aliphatic carbocycles. The molecule has 0 aliphatic heterocycles. The van der Waals surface area contributed by atoms with Gasteiger partial charge in [0.1, 0.15) is 17.2 Å². The van der Waals surface area contributed by atoms with Gasteiger partial charge in [-0.25, -0.2) is 9.97 Å². The fourth-order valence-electron chi connectivity index (χ4n) is 2.04. The predicted octanol–water partition coefficient (Wildman–Crippen LogP) is 2.84. The normalized spacial score (nSPS) is 11.4. The van der Waals surface area contributed by atoms with Crippen LogP contribution in [0.2, 0.25) is 5.15 Å². The van der Waals surface area contributed by atoms with Crippen LogP contribution in [0.3, 0.4) is 0 Å². The molecule has 0 bridgehead atoms. The largest absolute Gasteiger partial charge is 0.468 e. The first-order valence-corrected chi connectivity index (χ1v) is 8.77. The summed E-state index contributed by atoms with van der Waals surface area (Å²) in [6.07, 6.45) is 2.66. The summed E-state index contributed by atoms with van der Waals surface area (Å²) in [4.78, 5) is 7.91. The molecule has 0 radical (unpaired) electrons. The summed E-state index contributed by atoms with van der Waals surface area (Å²) in [6, 6.07) is 12.4. The Morgan fingerprint density at radius 1 is 1.08 bits per heavy atom. The molecule has 0 aliphatic rings. The molecule has 7 nitrogen and oxygen atoms in total. The quantitative estimate of drug-likeness (QED) is 0.655. The summed E-state index contributed by atoms with van der Waals surface area (Å²) in [7, 11) is -3.87. The second kappa shape index (κ2) is 7.00. The Kier molecular flexibility index (Phi) is 4.79. The minimum atomic E-state index is -3.87. The third-order valence-electron chi connectivity index (χ3n) is 3.11. The van der Waals surface area contributed by atoms with Crippen LogP contribution in [0.15, 0.2) is 59.5 Å². The number of anilines is 1. The van der Waals surface area contributed by atoms with E-state index in [0.29, 0.717) is 16.9 Å². The van der Waals surface area contributed by atoms with E-state index in [-0.39, 0.29) is 17.5 Å². The maximum absolute atomic E-state index is 12.2. The van der Waals surface area contributed by atoms with Crippen molar-refractivity contribution in [3.63, 3.8) is 0 Å². The smallest absolute Gasteiger partial charge is 0.300 e. The van der Waals surface area contributed by atoms with Crippen molar-refractivity contribution < 1.29 is 12.8 Å². The van der Waals surface area contributed by atoms with Crippen LogP contribution >= 0.6 is 11.6 Å². The molecule has 0 saturated carbocycles. The summed E-state index contributed by atoms with van der Waals surface area (Å²) in [5, 5.41) is 0.153. The van der Waals surface area contributed by atoms with Crippen LogP contribution in [0.1, 0.15) is 5.76 Å². The summed E-state index contributed by atoms with van der Waals surface area (Å²) in [5.74, 6) is 0.581. The number of furan rings is 1. The lowest BCUT2D eigenvalue weighted by Gasteiger charge is -2.12. The van der Waals surface area contributed by atoms with Crippen LogP contribution in [0.4, 0.5) is 5.82 Å². The lowest BCUT2D eigenvalue weighted by Crippen LogP contribution is -2.30. The predicted molar refractivity (Wildman–Crippen MR) is 90.6 cm³/mol. The minimum absolute atomic E-state index is 0.0157. The van der Waals surface area contributed by atoms with Gasteiger partial charge in [0.05, 0.1) is 18.4 Å². The molecular formula is C15H13ClN4O3S. The number of benzene rings is 1. The molecule has 2 heterocycles. The van der Waals surface area contributed by atoms with E-state index < -0.39 is 10.2 Å². The highest BCUT2D eigenvalue weighted by molar-refractivity contribution is 7.90. The van der Waals surface area contributed by atoms with E-state index in [2.05, 4.69) is 19.4 Å². The average Bonchev–Trinajstić information content (AvgIpc) is 3.07. The number of nitrogens with zero attached hydrogens (tertiary/aromatic N) is 2. The Hall–Kier alpha value is -2.42. The molecule has 0 unspecified atom stereocenters. The van der Waals surface area contributed by atoms with Gasteiger partial charge in [0.15, 0.2) is 5.82 Å². The second-order valence-corrected chi connectivity index (χ2v) is 6.62. The Labute approximate surface area is 143 Å². The van der Waals surface area contributed by atoms with Gasteiger partial charge in [-0.2, -0.15) is 13.1 Å². The Bertz CT molecular complexity index is 915. The van der Waals surface area contributed by atoms with Crippen molar-refractivity contribution in [1.29, 1.82) is 0 Å². The van der Waals surface area contributed by atoms with Crippen molar-refractivity contribution in [2.24, 2.45) is 0 Å². The Morgan fingerprint density at radius 3 is 2.58 bits per heavy atom. The highest BCUT2D eigenvalue weighted by Gasteiger charge is 2.18. The monoisotopic (exact) mass is 364 g/mol. The molecule has 9 heteroatoms. The molecule has 0 atom stereocenters. The summed E-state index contributed by atoms with van der Waals surface area (Å²) < 4.78 is 34.3. The fraction of sp³-hybridized carbons (Fsp3) is 0.0667. The van der Waals surface area contributed by atoms with Crippen LogP contribution in [0.5, 0.6) is 0 Å². The first-order chi connectivity index (χ1) is 11.6. The zero-order chi connectivity index (χ0) is 17.0. The van der Waals surface area contributed by atoms with Crippen molar-refractivity contribution in [1.82, 2.24) is 14.7 Å². The molecular weight excluding hydrogens is 352 g/mol. The van der Waals surface area contributed by atoms with Gasteiger partial charge in [0.25, 0.3) is 0 Å². The van der Waals surface area contributed by atoms with Gasteiger partial charge < -0.3 is 4.42 Å². The molecule has 0 spiro atoms. The summed E-state index contributed by atoms with van der Waals surface area (Å²) >= 11 is 6.13. The number of rotatable bonds is 6. The van der Waals surface area contributed by atoms with Gasteiger partial charge in [0, 0.05) is 0 Å². The van der Waals surface area contributed by atoms with Crippen molar-refractivity contribution in [3.8, 4) is 11.1 Å². The molecule has 2 N–H and O–H groups in total. The van der Waals surface area contributed by atoms with Crippen LogP contribution in [0, 0.1) is 0 Å². The lowest BCUT2D eigenvalue weighted by molar-refractivity contribution is 0.499. The van der Waals surface area contributed by atoms with Gasteiger partial charge in [-0.05, 0) is 17.7 Å². The Balaban J connectivity index is 1.86. The molecule has 3 rings (SSSR count). The SMILES string of the molecule is O=S(=O)(NCc1ccco1)Nc1ncnc(Cl)c1-c1ccccc1. The number of hydrogen-bond acceptors (Lipinski definition) is 5. The fourth-order valence-corrected chi connectivity index (χ4v) is 3.10. The zero-order valence-corrected chi connectivity index (χ0v) is 13.9. The molecule has 0 fully saturated rings. The van der Waals surface area contributed by atoms with Crippen molar-refractivity contribution in [2.45, 2.75) is 6.54 Å². The maximum Gasteiger partial charge on any atom is 0.300 e. The van der Waals surface area contributed by atoms with E-state index in [1.165, 1.54) is 12.6 Å². The van der Waals surface area contributed by atoms with E-state index in [1.807, 2.05) is 18.2 Å². The topological polar surface area (TPSA) is 97.1 Å². The van der Waals surface area contributed by atoms with Gasteiger partial charge in [-0.3, -0.25) is 4.72 Å². The standard InChI is InChI=1S/C15H13ClN4O3S/c16-14-13(11-5-2-1-3-6-11)15(18-10-17-14)20-24(21,22)19-9-12-7-4-8-23-12/h1-8,10,19H,9H2,(H,17,18,20). The van der Waals surface area contributed by atoms with Gasteiger partial charge in [-0.15, -0.1) is 0 Å². The highest BCUT2D eigenvalue weighted by Crippen LogP contribution is 2.31. The van der Waals surface area contributed by atoms with E-state index in [4.69, 9.17) is 16.0 Å². The van der Waals surface area contributed by atoms with Crippen LogP contribution in [-0.2, 0) is 16.8 Å². The number of halogens is 1. The molecule has 2 aromatic heterocycles. The summed E-state index contributed by atoms with van der Waals surface area (Å²) in [6.45, 7) is 0.0157. The molecule has 0 amide bonds. The molecule has 24 heavy (non-hydrogen) atoms. The Morgan fingerprint density at radius 2 is 1.88 bits per heavy atom. The third kappa shape index (κ3) is 3.91. The van der Waals surface area contributed by atoms with E-state index in [1.54, 1.807) is 24.3 Å². The number of aromatic nitrogens is 2. The minimum Gasteiger partial charge on any atom is -0.468 e. The lowest BCUT2D eigenvalue weighted by atomic mass is 10.1. The zero-order valence-electron chi connectivity index (χ0n) is 12.3. The first-order valence-electron chi connectivity index (χ1n) is 6.91. The highest BCUT2D eigenvalue weighted by atomic mass is 35.5. The van der Waals surface area contributed by atoms with E-state index >= 15 is 0 Å². The second-order valence-electron chi connectivity index (χ2n) is 4.76. The van der Waals surface area contributed by atoms with E-state index in [9.17, 15) is 8.42 Å². The summed E-state index contributed by atoms with van der Waals surface area (Å²) in [5.41, 5.74) is 1.11. The maximum atomic E-state index is 12.2. The van der Waals surface area contributed by atoms with Crippen molar-refractivity contribution in [2.75, 3.05) is 4.72 Å².